The van der Waals surface area contributed by atoms with Crippen molar-refractivity contribution in [2.24, 2.45) is 0 Å². The van der Waals surface area contributed by atoms with Gasteiger partial charge in [-0.15, -0.1) is 0 Å². The number of hydrogen-bond acceptors (Lipinski definition) is 4. The smallest absolute Gasteiger partial charge is 0.171 e. The van der Waals surface area contributed by atoms with Crippen LogP contribution in [-0.4, -0.2) is 24.7 Å². The molecule has 0 bridgehead atoms. The summed E-state index contributed by atoms with van der Waals surface area (Å²) in [4.78, 5) is 6.36. The van der Waals surface area contributed by atoms with Crippen LogP contribution in [0.5, 0.6) is 5.75 Å². The number of anilines is 1. The first-order valence-corrected chi connectivity index (χ1v) is 5.53. The fourth-order valence-corrected chi connectivity index (χ4v) is 1.49. The van der Waals surface area contributed by atoms with E-state index in [9.17, 15) is 0 Å². The predicted octanol–water partition coefficient (Wildman–Crippen LogP) is 2.22. The maximum Gasteiger partial charge on any atom is 0.171 e. The zero-order valence-corrected chi connectivity index (χ0v) is 9.81. The molecule has 0 fully saturated rings. The molecule has 0 saturated carbocycles. The van der Waals surface area contributed by atoms with E-state index >= 15 is 0 Å². The molecule has 0 aliphatic rings. The standard InChI is InChI=1S/C12H17N3O/c1-3-15(10-6-8-13)12-11(16-4-2)7-5-9-14-12/h5,7,9H,3-4,6,10H2,1-2H3. The van der Waals surface area contributed by atoms with Crippen LogP contribution in [0.15, 0.2) is 18.3 Å². The molecule has 0 aliphatic carbocycles. The van der Waals surface area contributed by atoms with Gasteiger partial charge in [0.1, 0.15) is 0 Å². The number of ether oxygens (including phenoxy) is 1. The summed E-state index contributed by atoms with van der Waals surface area (Å²) < 4.78 is 5.51. The van der Waals surface area contributed by atoms with Crippen molar-refractivity contribution in [1.29, 1.82) is 5.26 Å². The second-order valence-corrected chi connectivity index (χ2v) is 3.25. The van der Waals surface area contributed by atoms with E-state index in [2.05, 4.69) is 11.1 Å². The summed E-state index contributed by atoms with van der Waals surface area (Å²) in [6.45, 7) is 6.11. The highest BCUT2D eigenvalue weighted by molar-refractivity contribution is 5.51. The van der Waals surface area contributed by atoms with Crippen molar-refractivity contribution >= 4 is 5.82 Å². The quantitative estimate of drug-likeness (QED) is 0.736. The summed E-state index contributed by atoms with van der Waals surface area (Å²) in [6, 6.07) is 5.90. The molecule has 0 N–H and O–H groups in total. The highest BCUT2D eigenvalue weighted by Crippen LogP contribution is 2.24. The van der Waals surface area contributed by atoms with E-state index < -0.39 is 0 Å². The maximum atomic E-state index is 8.60. The predicted molar refractivity (Wildman–Crippen MR) is 63.5 cm³/mol. The van der Waals surface area contributed by atoms with E-state index in [4.69, 9.17) is 10.00 Å². The average Bonchev–Trinajstić information content (AvgIpc) is 2.32. The second kappa shape index (κ2) is 6.67. The normalized spacial score (nSPS) is 9.56. The topological polar surface area (TPSA) is 49.1 Å². The summed E-state index contributed by atoms with van der Waals surface area (Å²) in [6.07, 6.45) is 2.24. The molecule has 1 aromatic heterocycles. The highest BCUT2D eigenvalue weighted by atomic mass is 16.5. The van der Waals surface area contributed by atoms with Crippen LogP contribution in [0.25, 0.3) is 0 Å². The first-order valence-electron chi connectivity index (χ1n) is 5.53. The Bertz CT molecular complexity index is 360. The molecule has 1 rings (SSSR count). The van der Waals surface area contributed by atoms with Crippen molar-refractivity contribution in [2.45, 2.75) is 20.3 Å². The lowest BCUT2D eigenvalue weighted by molar-refractivity contribution is 0.339. The van der Waals surface area contributed by atoms with Crippen molar-refractivity contribution in [1.82, 2.24) is 4.98 Å². The summed E-state index contributed by atoms with van der Waals surface area (Å²) in [5.41, 5.74) is 0. The van der Waals surface area contributed by atoms with Crippen LogP contribution in [-0.2, 0) is 0 Å². The van der Waals surface area contributed by atoms with Gasteiger partial charge in [0.15, 0.2) is 11.6 Å². The molecule has 0 amide bonds. The molecule has 16 heavy (non-hydrogen) atoms. The van der Waals surface area contributed by atoms with Gasteiger partial charge in [-0.25, -0.2) is 4.98 Å². The highest BCUT2D eigenvalue weighted by Gasteiger charge is 2.11. The molecule has 86 valence electrons. The van der Waals surface area contributed by atoms with Crippen molar-refractivity contribution < 1.29 is 4.74 Å². The van der Waals surface area contributed by atoms with Crippen LogP contribution in [0, 0.1) is 11.3 Å². The van der Waals surface area contributed by atoms with Gasteiger partial charge in [0.25, 0.3) is 0 Å². The SMILES string of the molecule is CCOc1cccnc1N(CC)CCC#N. The fraction of sp³-hybridized carbons (Fsp3) is 0.500. The zero-order valence-electron chi connectivity index (χ0n) is 9.81. The van der Waals surface area contributed by atoms with Crippen molar-refractivity contribution in [3.63, 3.8) is 0 Å². The summed E-state index contributed by atoms with van der Waals surface area (Å²) in [5, 5.41) is 8.60. The van der Waals surface area contributed by atoms with Crippen LogP contribution in [0.1, 0.15) is 20.3 Å². The fourth-order valence-electron chi connectivity index (χ4n) is 1.49. The molecular formula is C12H17N3O. The minimum absolute atomic E-state index is 0.496. The Morgan fingerprint density at radius 2 is 2.31 bits per heavy atom. The number of aromatic nitrogens is 1. The largest absolute Gasteiger partial charge is 0.490 e. The Balaban J connectivity index is 2.86. The molecule has 0 unspecified atom stereocenters. The molecule has 1 heterocycles. The van der Waals surface area contributed by atoms with E-state index in [0.29, 0.717) is 19.6 Å². The van der Waals surface area contributed by atoms with Crippen LogP contribution < -0.4 is 9.64 Å². The Kier molecular flexibility index (Phi) is 5.13. The third-order valence-corrected chi connectivity index (χ3v) is 2.23. The Hall–Kier alpha value is -1.76. The molecule has 0 aromatic carbocycles. The molecule has 0 saturated heterocycles. The van der Waals surface area contributed by atoms with Crippen LogP contribution in [0.2, 0.25) is 0 Å². The maximum absolute atomic E-state index is 8.60. The second-order valence-electron chi connectivity index (χ2n) is 3.25. The average molecular weight is 219 g/mol. The van der Waals surface area contributed by atoms with Gasteiger partial charge in [0.2, 0.25) is 0 Å². The molecule has 0 aliphatic heterocycles. The number of rotatable bonds is 6. The Morgan fingerprint density at radius 1 is 1.50 bits per heavy atom. The minimum atomic E-state index is 0.496. The van der Waals surface area contributed by atoms with Crippen molar-refractivity contribution in [2.75, 3.05) is 24.6 Å². The molecule has 4 heteroatoms. The summed E-state index contributed by atoms with van der Waals surface area (Å²) in [5.74, 6) is 1.60. The van der Waals surface area contributed by atoms with Crippen LogP contribution in [0.4, 0.5) is 5.82 Å². The molecule has 0 radical (unpaired) electrons. The first-order chi connectivity index (χ1) is 7.83. The van der Waals surface area contributed by atoms with Crippen LogP contribution >= 0.6 is 0 Å². The van der Waals surface area contributed by atoms with E-state index in [1.807, 2.05) is 30.9 Å². The van der Waals surface area contributed by atoms with Gasteiger partial charge in [0, 0.05) is 19.3 Å². The van der Waals surface area contributed by atoms with Gasteiger partial charge in [-0.1, -0.05) is 0 Å². The Labute approximate surface area is 96.5 Å². The molecule has 1 aromatic rings. The van der Waals surface area contributed by atoms with E-state index in [0.717, 1.165) is 18.1 Å². The van der Waals surface area contributed by atoms with Gasteiger partial charge in [0.05, 0.1) is 19.1 Å². The molecule has 0 spiro atoms. The lowest BCUT2D eigenvalue weighted by Crippen LogP contribution is -2.25. The zero-order chi connectivity index (χ0) is 11.8. The van der Waals surface area contributed by atoms with E-state index in [1.54, 1.807) is 6.20 Å². The lowest BCUT2D eigenvalue weighted by atomic mass is 10.3. The summed E-state index contributed by atoms with van der Waals surface area (Å²) >= 11 is 0. The third-order valence-electron chi connectivity index (χ3n) is 2.23. The lowest BCUT2D eigenvalue weighted by Gasteiger charge is -2.22. The van der Waals surface area contributed by atoms with E-state index in [-0.39, 0.29) is 0 Å². The number of pyridine rings is 1. The summed E-state index contributed by atoms with van der Waals surface area (Å²) in [7, 11) is 0. The Morgan fingerprint density at radius 3 is 2.94 bits per heavy atom. The molecule has 4 nitrogen and oxygen atoms in total. The number of hydrogen-bond donors (Lipinski definition) is 0. The van der Waals surface area contributed by atoms with Gasteiger partial charge in [-0.05, 0) is 26.0 Å². The van der Waals surface area contributed by atoms with Crippen LogP contribution in [0.3, 0.4) is 0 Å². The number of nitrogens with zero attached hydrogens (tertiary/aromatic N) is 3. The van der Waals surface area contributed by atoms with Crippen molar-refractivity contribution in [3.8, 4) is 11.8 Å². The third kappa shape index (κ3) is 3.13. The molecule has 0 atom stereocenters. The van der Waals surface area contributed by atoms with Gasteiger partial charge in [-0.3, -0.25) is 0 Å². The van der Waals surface area contributed by atoms with Gasteiger partial charge in [-0.2, -0.15) is 5.26 Å². The minimum Gasteiger partial charge on any atom is -0.490 e. The monoisotopic (exact) mass is 219 g/mol. The van der Waals surface area contributed by atoms with Gasteiger partial charge >= 0.3 is 0 Å². The van der Waals surface area contributed by atoms with E-state index in [1.165, 1.54) is 0 Å². The number of nitriles is 1. The first kappa shape index (κ1) is 12.3. The van der Waals surface area contributed by atoms with Gasteiger partial charge < -0.3 is 9.64 Å². The molecular weight excluding hydrogens is 202 g/mol. The van der Waals surface area contributed by atoms with Crippen molar-refractivity contribution in [3.05, 3.63) is 18.3 Å².